The van der Waals surface area contributed by atoms with Crippen LogP contribution in [-0.2, 0) is 28.8 Å². The average molecular weight is 417 g/mol. The molecule has 0 aliphatic carbocycles. The van der Waals surface area contributed by atoms with Crippen molar-refractivity contribution in [1.82, 2.24) is 16.0 Å². The second kappa shape index (κ2) is 11.6. The minimum atomic E-state index is -1.79. The number of carbonyl (C=O) groups is 6. The molecule has 0 aliphatic rings. The van der Waals surface area contributed by atoms with Crippen LogP contribution >= 0.6 is 0 Å². The highest BCUT2D eigenvalue weighted by Crippen LogP contribution is 2.05. The van der Waals surface area contributed by atoms with Crippen molar-refractivity contribution in [3.63, 3.8) is 0 Å². The molecule has 4 unspecified atom stereocenters. The highest BCUT2D eigenvalue weighted by molar-refractivity contribution is 5.96. The summed E-state index contributed by atoms with van der Waals surface area (Å²) < 4.78 is 0. The molecule has 4 atom stereocenters. The van der Waals surface area contributed by atoms with Crippen LogP contribution in [0.3, 0.4) is 0 Å². The van der Waals surface area contributed by atoms with E-state index in [1.807, 2.05) is 5.32 Å². The van der Waals surface area contributed by atoms with Crippen molar-refractivity contribution in [2.24, 2.45) is 17.4 Å². The zero-order chi connectivity index (χ0) is 22.9. The molecule has 0 aromatic rings. The number of rotatable bonds is 12. The average Bonchev–Trinajstić information content (AvgIpc) is 2.56. The number of nitrogens with two attached hydrogens (primary N) is 2. The first-order valence-corrected chi connectivity index (χ1v) is 8.65. The van der Waals surface area contributed by atoms with Gasteiger partial charge in [-0.25, -0.2) is 4.79 Å². The highest BCUT2D eigenvalue weighted by Gasteiger charge is 2.32. The molecule has 29 heavy (non-hydrogen) atoms. The van der Waals surface area contributed by atoms with Crippen LogP contribution in [0.4, 0.5) is 0 Å². The van der Waals surface area contributed by atoms with Crippen LogP contribution in [-0.4, -0.2) is 69.9 Å². The lowest BCUT2D eigenvalue weighted by molar-refractivity contribution is -0.147. The van der Waals surface area contributed by atoms with E-state index in [0.29, 0.717) is 0 Å². The molecule has 0 aliphatic heterocycles. The standard InChI is InChI=1S/C16H27N5O8/c1-6(2)12(21-13(25)7(3)17)15(27)19-8(4-10(18)22)14(26)20-9(16(28)29)5-11(23)24/h6-9,12H,4-5,17H2,1-3H3,(H2,18,22)(H,19,27)(H,20,26)(H,21,25)(H,23,24)(H,28,29). The van der Waals surface area contributed by atoms with Crippen molar-refractivity contribution < 1.29 is 39.0 Å². The molecule has 0 radical (unpaired) electrons. The van der Waals surface area contributed by atoms with Crippen LogP contribution in [0, 0.1) is 5.92 Å². The second-order valence-electron chi connectivity index (χ2n) is 6.75. The molecule has 0 aromatic heterocycles. The minimum absolute atomic E-state index is 0.422. The van der Waals surface area contributed by atoms with Crippen LogP contribution in [0.2, 0.25) is 0 Å². The zero-order valence-electron chi connectivity index (χ0n) is 16.3. The second-order valence-corrected chi connectivity index (χ2v) is 6.75. The molecule has 0 saturated heterocycles. The third-order valence-electron chi connectivity index (χ3n) is 3.69. The molecular formula is C16H27N5O8. The monoisotopic (exact) mass is 417 g/mol. The Morgan fingerprint density at radius 3 is 1.69 bits per heavy atom. The first kappa shape index (κ1) is 25.8. The molecule has 0 aromatic carbocycles. The smallest absolute Gasteiger partial charge is 0.326 e. The molecule has 0 spiro atoms. The number of aliphatic carboxylic acids is 2. The maximum absolute atomic E-state index is 12.5. The summed E-state index contributed by atoms with van der Waals surface area (Å²) in [7, 11) is 0. The highest BCUT2D eigenvalue weighted by atomic mass is 16.4. The molecule has 4 amide bonds. The quantitative estimate of drug-likeness (QED) is 0.170. The van der Waals surface area contributed by atoms with Crippen molar-refractivity contribution in [3.8, 4) is 0 Å². The molecule has 9 N–H and O–H groups in total. The van der Waals surface area contributed by atoms with Crippen molar-refractivity contribution in [3.05, 3.63) is 0 Å². The van der Waals surface area contributed by atoms with Crippen LogP contribution in [0.5, 0.6) is 0 Å². The first-order valence-electron chi connectivity index (χ1n) is 8.65. The van der Waals surface area contributed by atoms with E-state index in [4.69, 9.17) is 21.7 Å². The number of carboxylic acids is 2. The number of primary amides is 1. The Morgan fingerprint density at radius 2 is 1.31 bits per heavy atom. The van der Waals surface area contributed by atoms with Crippen LogP contribution < -0.4 is 27.4 Å². The normalized spacial score (nSPS) is 14.8. The Hall–Kier alpha value is -3.22. The van der Waals surface area contributed by atoms with Gasteiger partial charge < -0.3 is 37.6 Å². The van der Waals surface area contributed by atoms with Crippen LogP contribution in [0.25, 0.3) is 0 Å². The molecule has 13 nitrogen and oxygen atoms in total. The Morgan fingerprint density at radius 1 is 0.793 bits per heavy atom. The molecule has 0 bridgehead atoms. The van der Waals surface area contributed by atoms with Crippen LogP contribution in [0.1, 0.15) is 33.6 Å². The lowest BCUT2D eigenvalue weighted by Crippen LogP contribution is -2.58. The largest absolute Gasteiger partial charge is 0.481 e. The van der Waals surface area contributed by atoms with Crippen molar-refractivity contribution in [2.75, 3.05) is 0 Å². The molecule has 0 fully saturated rings. The summed E-state index contributed by atoms with van der Waals surface area (Å²) >= 11 is 0. The summed E-state index contributed by atoms with van der Waals surface area (Å²) in [6.45, 7) is 4.63. The van der Waals surface area contributed by atoms with Crippen molar-refractivity contribution in [1.29, 1.82) is 0 Å². The first-order chi connectivity index (χ1) is 13.3. The Bertz CT molecular complexity index is 664. The fourth-order valence-electron chi connectivity index (χ4n) is 2.14. The Labute approximate surface area is 166 Å². The van der Waals surface area contributed by atoms with E-state index in [9.17, 15) is 28.8 Å². The number of hydrogen-bond donors (Lipinski definition) is 7. The maximum atomic E-state index is 12.5. The third-order valence-corrected chi connectivity index (χ3v) is 3.69. The van der Waals surface area contributed by atoms with Gasteiger partial charge in [0.1, 0.15) is 18.1 Å². The fourth-order valence-corrected chi connectivity index (χ4v) is 2.14. The van der Waals surface area contributed by atoms with Gasteiger partial charge >= 0.3 is 11.9 Å². The number of nitrogens with one attached hydrogen (secondary N) is 3. The van der Waals surface area contributed by atoms with Gasteiger partial charge in [0.2, 0.25) is 23.6 Å². The van der Waals surface area contributed by atoms with E-state index in [0.717, 1.165) is 0 Å². The Kier molecular flexibility index (Phi) is 10.3. The SMILES string of the molecule is CC(N)C(=O)NC(C(=O)NC(CC(N)=O)C(=O)NC(CC(=O)O)C(=O)O)C(C)C. The number of carboxylic acid groups (broad SMARTS) is 2. The number of amides is 4. The van der Waals surface area contributed by atoms with E-state index < -0.39 is 78.5 Å². The van der Waals surface area contributed by atoms with E-state index in [1.165, 1.54) is 6.92 Å². The molecule has 13 heteroatoms. The summed E-state index contributed by atoms with van der Waals surface area (Å²) in [6, 6.07) is -5.37. The van der Waals surface area contributed by atoms with Crippen LogP contribution in [0.15, 0.2) is 0 Å². The predicted molar refractivity (Wildman–Crippen MR) is 98.0 cm³/mol. The zero-order valence-corrected chi connectivity index (χ0v) is 16.3. The van der Waals surface area contributed by atoms with E-state index >= 15 is 0 Å². The van der Waals surface area contributed by atoms with Gasteiger partial charge in [-0.2, -0.15) is 0 Å². The molecule has 0 heterocycles. The minimum Gasteiger partial charge on any atom is -0.481 e. The topological polar surface area (TPSA) is 231 Å². The van der Waals surface area contributed by atoms with E-state index in [1.54, 1.807) is 13.8 Å². The lowest BCUT2D eigenvalue weighted by Gasteiger charge is -2.26. The molecule has 0 rings (SSSR count). The molecule has 164 valence electrons. The fraction of sp³-hybridized carbons (Fsp3) is 0.625. The predicted octanol–water partition coefficient (Wildman–Crippen LogP) is -3.12. The molecule has 0 saturated carbocycles. The summed E-state index contributed by atoms with van der Waals surface area (Å²) in [5, 5.41) is 24.3. The summed E-state index contributed by atoms with van der Waals surface area (Å²) in [6.07, 6.45) is -1.60. The van der Waals surface area contributed by atoms with Gasteiger partial charge in [0.25, 0.3) is 0 Å². The third kappa shape index (κ3) is 9.51. The lowest BCUT2D eigenvalue weighted by atomic mass is 10.0. The van der Waals surface area contributed by atoms with Gasteiger partial charge in [0.05, 0.1) is 18.9 Å². The van der Waals surface area contributed by atoms with E-state index in [2.05, 4.69) is 10.6 Å². The van der Waals surface area contributed by atoms with Gasteiger partial charge in [0.15, 0.2) is 0 Å². The molecular weight excluding hydrogens is 390 g/mol. The van der Waals surface area contributed by atoms with Crippen molar-refractivity contribution >= 4 is 35.6 Å². The van der Waals surface area contributed by atoms with Gasteiger partial charge in [0, 0.05) is 0 Å². The summed E-state index contributed by atoms with van der Waals surface area (Å²) in [5.74, 6) is -7.07. The van der Waals surface area contributed by atoms with Gasteiger partial charge in [-0.15, -0.1) is 0 Å². The van der Waals surface area contributed by atoms with Gasteiger partial charge in [-0.3, -0.25) is 24.0 Å². The number of carbonyl (C=O) groups excluding carboxylic acids is 4. The van der Waals surface area contributed by atoms with Crippen molar-refractivity contribution in [2.45, 2.75) is 57.8 Å². The van der Waals surface area contributed by atoms with Gasteiger partial charge in [-0.05, 0) is 12.8 Å². The maximum Gasteiger partial charge on any atom is 0.326 e. The van der Waals surface area contributed by atoms with E-state index in [-0.39, 0.29) is 0 Å². The number of hydrogen-bond acceptors (Lipinski definition) is 7. The van der Waals surface area contributed by atoms with Gasteiger partial charge in [-0.1, -0.05) is 13.8 Å². The summed E-state index contributed by atoms with van der Waals surface area (Å²) in [5.41, 5.74) is 10.5. The Balaban J connectivity index is 5.43. The summed E-state index contributed by atoms with van der Waals surface area (Å²) in [4.78, 5) is 69.8.